The van der Waals surface area contributed by atoms with Gasteiger partial charge in [0.1, 0.15) is 0 Å². The van der Waals surface area contributed by atoms with E-state index < -0.39 is 5.60 Å². The Balaban J connectivity index is 1.36. The van der Waals surface area contributed by atoms with Gasteiger partial charge < -0.3 is 9.67 Å². The number of fused-ring (bicyclic) bond motifs is 2. The Hall–Kier alpha value is -2.17. The predicted molar refractivity (Wildman–Crippen MR) is 112 cm³/mol. The summed E-state index contributed by atoms with van der Waals surface area (Å²) in [6.45, 7) is 2.93. The largest absolute Gasteiger partial charge is 0.385 e. The Bertz CT molecular complexity index is 937. The molecule has 2 aromatic carbocycles. The van der Waals surface area contributed by atoms with E-state index in [0.717, 1.165) is 43.6 Å². The van der Waals surface area contributed by atoms with E-state index in [1.807, 2.05) is 18.5 Å². The molecule has 1 aliphatic carbocycles. The third-order valence-electron chi connectivity index (χ3n) is 7.02. The molecule has 0 radical (unpaired) electrons. The fraction of sp³-hybridized carbons (Fsp3) is 0.458. The zero-order valence-electron chi connectivity index (χ0n) is 16.4. The second kappa shape index (κ2) is 7.34. The van der Waals surface area contributed by atoms with Crippen LogP contribution in [0.4, 0.5) is 0 Å². The second-order valence-electron chi connectivity index (χ2n) is 8.46. The molecule has 1 N–H and O–H groups in total. The first-order chi connectivity index (χ1) is 13.8. The lowest BCUT2D eigenvalue weighted by Crippen LogP contribution is -2.57. The number of nitrogens with zero attached hydrogens (tertiary/aromatic N) is 3. The summed E-state index contributed by atoms with van der Waals surface area (Å²) in [5.74, 6) is 0.330. The molecule has 0 unspecified atom stereocenters. The highest BCUT2D eigenvalue weighted by atomic mass is 16.3. The summed E-state index contributed by atoms with van der Waals surface area (Å²) in [6.07, 6.45) is 7.62. The van der Waals surface area contributed by atoms with E-state index in [1.54, 1.807) is 0 Å². The van der Waals surface area contributed by atoms with Gasteiger partial charge in [0.2, 0.25) is 0 Å². The predicted octanol–water partition coefficient (Wildman–Crippen LogP) is 4.19. The van der Waals surface area contributed by atoms with Crippen LogP contribution in [0.3, 0.4) is 0 Å². The van der Waals surface area contributed by atoms with Crippen LogP contribution in [0.15, 0.2) is 60.9 Å². The molecule has 4 nitrogen and oxygen atoms in total. The highest BCUT2D eigenvalue weighted by Gasteiger charge is 2.48. The molecule has 0 bridgehead atoms. The molecule has 2 heterocycles. The average Bonchev–Trinajstić information content (AvgIpc) is 3.17. The number of para-hydroxylation sites is 2. The minimum Gasteiger partial charge on any atom is -0.385 e. The Morgan fingerprint density at radius 2 is 1.75 bits per heavy atom. The van der Waals surface area contributed by atoms with Gasteiger partial charge in [-0.15, -0.1) is 0 Å². The van der Waals surface area contributed by atoms with Crippen LogP contribution in [-0.2, 0) is 12.1 Å². The SMILES string of the molecule is O[C@]1(c2ccccc2)CCN(CCn2cnc3ccccc32)[C@@H]2CCCC[C@H]21. The molecule has 0 amide bonds. The number of hydrogen-bond donors (Lipinski definition) is 1. The van der Waals surface area contributed by atoms with E-state index in [9.17, 15) is 5.11 Å². The molecule has 28 heavy (non-hydrogen) atoms. The summed E-state index contributed by atoms with van der Waals surface area (Å²) in [7, 11) is 0. The molecule has 146 valence electrons. The topological polar surface area (TPSA) is 41.3 Å². The van der Waals surface area contributed by atoms with Crippen LogP contribution < -0.4 is 0 Å². The van der Waals surface area contributed by atoms with E-state index >= 15 is 0 Å². The number of aliphatic hydroxyl groups is 1. The van der Waals surface area contributed by atoms with Crippen LogP contribution in [0.25, 0.3) is 11.0 Å². The standard InChI is InChI=1S/C24H29N3O/c28-24(19-8-2-1-3-9-19)14-15-26(22-12-6-4-10-20(22)24)16-17-27-18-25-21-11-5-7-13-23(21)27/h1-3,5,7-9,11,13,18,20,22,28H,4,6,10,12,14-17H2/t20-,22-,24+/m1/s1. The van der Waals surface area contributed by atoms with Crippen LogP contribution >= 0.6 is 0 Å². The molecular weight excluding hydrogens is 346 g/mol. The van der Waals surface area contributed by atoms with Crippen molar-refractivity contribution in [3.63, 3.8) is 0 Å². The van der Waals surface area contributed by atoms with E-state index in [0.29, 0.717) is 12.0 Å². The van der Waals surface area contributed by atoms with Crippen molar-refractivity contribution in [2.45, 2.75) is 50.3 Å². The lowest BCUT2D eigenvalue weighted by molar-refractivity contribution is -0.121. The van der Waals surface area contributed by atoms with E-state index in [-0.39, 0.29) is 0 Å². The Morgan fingerprint density at radius 1 is 0.964 bits per heavy atom. The number of piperidine rings is 1. The van der Waals surface area contributed by atoms with Gasteiger partial charge in [-0.05, 0) is 37.0 Å². The first-order valence-electron chi connectivity index (χ1n) is 10.7. The van der Waals surface area contributed by atoms with Crippen LogP contribution in [0.1, 0.15) is 37.7 Å². The molecule has 3 atom stereocenters. The molecule has 2 fully saturated rings. The maximum atomic E-state index is 11.7. The summed E-state index contributed by atoms with van der Waals surface area (Å²) >= 11 is 0. The summed E-state index contributed by atoms with van der Waals surface area (Å²) in [6, 6.07) is 19.2. The maximum absolute atomic E-state index is 11.7. The second-order valence-corrected chi connectivity index (χ2v) is 8.46. The fourth-order valence-electron chi connectivity index (χ4n) is 5.56. The zero-order chi connectivity index (χ0) is 19.0. The third kappa shape index (κ3) is 3.05. The number of aromatic nitrogens is 2. The number of benzene rings is 2. The molecule has 2 aliphatic rings. The van der Waals surface area contributed by atoms with Gasteiger partial charge in [0, 0.05) is 31.6 Å². The molecule has 4 heteroatoms. The average molecular weight is 376 g/mol. The molecule has 5 rings (SSSR count). The summed E-state index contributed by atoms with van der Waals surface area (Å²) in [4.78, 5) is 7.17. The Labute approximate surface area is 166 Å². The number of rotatable bonds is 4. The molecule has 1 saturated heterocycles. The van der Waals surface area contributed by atoms with Gasteiger partial charge in [-0.25, -0.2) is 4.98 Å². The van der Waals surface area contributed by atoms with Gasteiger partial charge in [0.15, 0.2) is 0 Å². The smallest absolute Gasteiger partial charge is 0.0958 e. The first-order valence-corrected chi connectivity index (χ1v) is 10.7. The number of hydrogen-bond acceptors (Lipinski definition) is 3. The molecule has 1 aliphatic heterocycles. The molecule has 3 aromatic rings. The number of imidazole rings is 1. The van der Waals surface area contributed by atoms with Crippen molar-refractivity contribution < 1.29 is 5.11 Å². The van der Waals surface area contributed by atoms with Crippen LogP contribution in [0.2, 0.25) is 0 Å². The van der Waals surface area contributed by atoms with Gasteiger partial charge in [-0.1, -0.05) is 55.3 Å². The van der Waals surface area contributed by atoms with E-state index in [4.69, 9.17) is 0 Å². The molecule has 0 spiro atoms. The van der Waals surface area contributed by atoms with Gasteiger partial charge >= 0.3 is 0 Å². The van der Waals surface area contributed by atoms with Gasteiger partial charge in [-0.2, -0.15) is 0 Å². The van der Waals surface area contributed by atoms with Crippen molar-refractivity contribution in [3.05, 3.63) is 66.5 Å². The molecule has 1 saturated carbocycles. The van der Waals surface area contributed by atoms with Crippen molar-refractivity contribution in [1.82, 2.24) is 14.5 Å². The summed E-state index contributed by atoms with van der Waals surface area (Å²) < 4.78 is 2.27. The zero-order valence-corrected chi connectivity index (χ0v) is 16.4. The van der Waals surface area contributed by atoms with Crippen LogP contribution in [0.5, 0.6) is 0 Å². The van der Waals surface area contributed by atoms with Crippen LogP contribution in [0, 0.1) is 5.92 Å². The van der Waals surface area contributed by atoms with Gasteiger partial charge in [0.05, 0.1) is 23.0 Å². The third-order valence-corrected chi connectivity index (χ3v) is 7.02. The lowest BCUT2D eigenvalue weighted by atomic mass is 9.66. The minimum absolute atomic E-state index is 0.330. The van der Waals surface area contributed by atoms with Crippen molar-refractivity contribution in [1.29, 1.82) is 0 Å². The van der Waals surface area contributed by atoms with E-state index in [2.05, 4.69) is 56.9 Å². The minimum atomic E-state index is -0.676. The van der Waals surface area contributed by atoms with Crippen molar-refractivity contribution >= 4 is 11.0 Å². The quantitative estimate of drug-likeness (QED) is 0.743. The number of likely N-dealkylation sites (tertiary alicyclic amines) is 1. The molecular formula is C24H29N3O. The van der Waals surface area contributed by atoms with Gasteiger partial charge in [0.25, 0.3) is 0 Å². The van der Waals surface area contributed by atoms with Crippen molar-refractivity contribution in [2.75, 3.05) is 13.1 Å². The summed E-state index contributed by atoms with van der Waals surface area (Å²) in [5.41, 5.74) is 2.70. The summed E-state index contributed by atoms with van der Waals surface area (Å²) in [5, 5.41) is 11.7. The van der Waals surface area contributed by atoms with Crippen LogP contribution in [-0.4, -0.2) is 38.7 Å². The fourth-order valence-corrected chi connectivity index (χ4v) is 5.56. The Kier molecular flexibility index (Phi) is 4.69. The molecule has 1 aromatic heterocycles. The first kappa shape index (κ1) is 17.9. The lowest BCUT2D eigenvalue weighted by Gasteiger charge is -2.52. The Morgan fingerprint density at radius 3 is 2.64 bits per heavy atom. The highest BCUT2D eigenvalue weighted by Crippen LogP contribution is 2.46. The van der Waals surface area contributed by atoms with Gasteiger partial charge in [-0.3, -0.25) is 4.90 Å². The van der Waals surface area contributed by atoms with E-state index in [1.165, 1.54) is 24.8 Å². The maximum Gasteiger partial charge on any atom is 0.0958 e. The highest BCUT2D eigenvalue weighted by molar-refractivity contribution is 5.74. The van der Waals surface area contributed by atoms with Crippen molar-refractivity contribution in [3.8, 4) is 0 Å². The van der Waals surface area contributed by atoms with Crippen molar-refractivity contribution in [2.24, 2.45) is 5.92 Å². The monoisotopic (exact) mass is 375 g/mol. The normalized spacial score (nSPS) is 28.3.